The fourth-order valence-electron chi connectivity index (χ4n) is 15.5. The van der Waals surface area contributed by atoms with Crippen LogP contribution < -0.4 is 33.2 Å². The van der Waals surface area contributed by atoms with Crippen molar-refractivity contribution < 1.29 is 89.5 Å². The molecule has 118 heavy (non-hydrogen) atoms. The second kappa shape index (κ2) is 37.5. The summed E-state index contributed by atoms with van der Waals surface area (Å²) in [5.41, 5.74) is 5.72. The van der Waals surface area contributed by atoms with Crippen molar-refractivity contribution in [3.05, 3.63) is 337 Å². The van der Waals surface area contributed by atoms with Crippen molar-refractivity contribution in [3.8, 4) is 11.5 Å². The maximum absolute atomic E-state index is 13.5. The molecular weight excluding hydrogens is 1550 g/mol. The lowest BCUT2D eigenvalue weighted by atomic mass is 9.75. The van der Waals surface area contributed by atoms with Crippen molar-refractivity contribution in [1.82, 2.24) is 4.81 Å². The number of nitrogens with two attached hydrogens (primary N) is 1. The van der Waals surface area contributed by atoms with Crippen LogP contribution >= 0.6 is 0 Å². The predicted molar refractivity (Wildman–Crippen MR) is 449 cm³/mol. The molecule has 0 spiro atoms. The van der Waals surface area contributed by atoms with Gasteiger partial charge in [0.15, 0.2) is 0 Å². The summed E-state index contributed by atoms with van der Waals surface area (Å²) < 4.78 is 178. The third-order valence-electron chi connectivity index (χ3n) is 21.0. The summed E-state index contributed by atoms with van der Waals surface area (Å²) in [6.45, 7) is 3.43. The minimum Gasteiger partial charge on any atom is -1.00 e. The fraction of sp³-hybridized carbons (Fsp3) is 0.191. The number of nitrogens with zero attached hydrogens (tertiary/aromatic N) is 1. The van der Waals surface area contributed by atoms with Gasteiger partial charge in [-0.3, -0.25) is 16.6 Å². The Kier molecular flexibility index (Phi) is 28.3. The molecule has 607 valence electrons. The lowest BCUT2D eigenvalue weighted by molar-refractivity contribution is -0.487. The van der Waals surface area contributed by atoms with E-state index in [1.807, 2.05) is 97.1 Å². The first-order chi connectivity index (χ1) is 55.2. The van der Waals surface area contributed by atoms with Crippen LogP contribution in [-0.2, 0) is 20.7 Å². The number of halogens is 13. The molecule has 0 saturated carbocycles. The van der Waals surface area contributed by atoms with E-state index >= 15 is 0 Å². The van der Waals surface area contributed by atoms with Crippen molar-refractivity contribution in [2.75, 3.05) is 13.7 Å². The lowest BCUT2D eigenvalue weighted by Crippen LogP contribution is -3.00. The summed E-state index contributed by atoms with van der Waals surface area (Å²) in [5.74, 6) is 1.58. The van der Waals surface area contributed by atoms with E-state index in [1.54, 1.807) is 127 Å². The Balaban J connectivity index is 0.000000150. The highest BCUT2D eigenvalue weighted by Crippen LogP contribution is 2.51. The molecule has 0 bridgehead atoms. The van der Waals surface area contributed by atoms with E-state index in [-0.39, 0.29) is 62.2 Å². The molecule has 0 aromatic heterocycles. The third-order valence-corrected chi connectivity index (χ3v) is 21.0. The maximum atomic E-state index is 13.5. The number of hydrogen-bond donors (Lipinski definition) is 4. The summed E-state index contributed by atoms with van der Waals surface area (Å²) >= 11 is 0. The fourth-order valence-corrected chi connectivity index (χ4v) is 15.5. The van der Waals surface area contributed by atoms with Crippen molar-refractivity contribution in [1.29, 1.82) is 10.8 Å². The van der Waals surface area contributed by atoms with Gasteiger partial charge in [0.1, 0.15) is 28.5 Å². The Morgan fingerprint density at radius 3 is 1.21 bits per heavy atom. The molecule has 3 aliphatic heterocycles. The zero-order chi connectivity index (χ0) is 81.5. The molecular formula is C94H85B2ClF12N5O4. The quantitative estimate of drug-likeness (QED) is 0.0353. The van der Waals surface area contributed by atoms with E-state index in [9.17, 15) is 52.7 Å². The van der Waals surface area contributed by atoms with Gasteiger partial charge in [0, 0.05) is 35.4 Å². The topological polar surface area (TPSA) is 142 Å². The van der Waals surface area contributed by atoms with Crippen molar-refractivity contribution in [2.45, 2.75) is 102 Å². The number of nitrogens with one attached hydrogen (secondary N) is 2. The number of benzene rings is 15. The Bertz CT molecular complexity index is 5800. The number of methoxy groups -OCH3 is 1. The number of para-hydroxylation sites is 2. The van der Waals surface area contributed by atoms with Crippen molar-refractivity contribution in [3.63, 3.8) is 0 Å². The van der Waals surface area contributed by atoms with Gasteiger partial charge >= 0.3 is 39.4 Å². The van der Waals surface area contributed by atoms with Gasteiger partial charge in [0.25, 0.3) is 0 Å². The van der Waals surface area contributed by atoms with E-state index < -0.39 is 47.9 Å². The first-order valence-corrected chi connectivity index (χ1v) is 37.2. The summed E-state index contributed by atoms with van der Waals surface area (Å²) in [7, 11) is 2.54. The maximum Gasteiger partial charge on any atom is 0.658 e. The van der Waals surface area contributed by atoms with Gasteiger partial charge in [0.2, 0.25) is 11.8 Å². The Hall–Kier alpha value is -11.3. The van der Waals surface area contributed by atoms with Crippen LogP contribution in [0.2, 0.25) is 6.32 Å². The van der Waals surface area contributed by atoms with Crippen molar-refractivity contribution >= 4 is 112 Å². The third kappa shape index (κ3) is 18.5. The van der Waals surface area contributed by atoms with Crippen LogP contribution in [0.3, 0.4) is 0 Å². The number of ether oxygens (including phenoxy) is 1. The van der Waals surface area contributed by atoms with E-state index in [0.29, 0.717) is 49.1 Å². The molecule has 15 aromatic rings. The normalized spacial score (nSPS) is 14.8. The van der Waals surface area contributed by atoms with Crippen LogP contribution in [0.25, 0.3) is 86.2 Å². The number of unbranched alkanes of at least 4 members (excludes halogenated alkanes) is 1. The number of fused-ring (bicyclic) bond motifs is 14. The van der Waals surface area contributed by atoms with E-state index in [2.05, 4.69) is 78.1 Å². The molecule has 3 aliphatic rings. The average Bonchev–Trinajstić information content (AvgIpc) is 1.50. The largest absolute Gasteiger partial charge is 1.00 e. The number of hydrogen-bond acceptors (Lipinski definition) is 8. The first kappa shape index (κ1) is 89.1. The van der Waals surface area contributed by atoms with Gasteiger partial charge in [-0.05, 0) is 159 Å². The minimum atomic E-state index is -4.73. The molecule has 3 atom stereocenters. The van der Waals surface area contributed by atoms with Gasteiger partial charge in [-0.25, -0.2) is 0 Å². The molecule has 0 aliphatic carbocycles. The van der Waals surface area contributed by atoms with Crippen LogP contribution in [0.15, 0.2) is 303 Å². The zero-order valence-corrected chi connectivity index (χ0v) is 63.5. The summed E-state index contributed by atoms with van der Waals surface area (Å²) in [6, 6.07) is 91.0. The molecule has 3 heterocycles. The van der Waals surface area contributed by atoms with Crippen LogP contribution in [0.5, 0.6) is 11.5 Å². The Morgan fingerprint density at radius 1 is 0.483 bits per heavy atom. The van der Waals surface area contributed by atoms with Gasteiger partial charge in [-0.15, -0.1) is 0 Å². The summed E-state index contributed by atoms with van der Waals surface area (Å²) in [4.78, 5) is 2.63. The van der Waals surface area contributed by atoms with E-state index in [0.717, 1.165) is 68.0 Å². The monoisotopic (exact) mass is 1630 g/mol. The molecule has 2 fully saturated rings. The Morgan fingerprint density at radius 2 is 0.822 bits per heavy atom. The van der Waals surface area contributed by atoms with E-state index in [1.165, 1.54) is 69.2 Å². The summed E-state index contributed by atoms with van der Waals surface area (Å²) in [5, 5.41) is 26.3. The molecule has 1 unspecified atom stereocenters. The van der Waals surface area contributed by atoms with Gasteiger partial charge in [-0.1, -0.05) is 302 Å². The standard InChI is InChI=1S/C21H26BNO.C17H14F3NO.C16H12F3N.2C16H10F3N.C6H4BO2.2CH4.ClH/c1-2-3-16-22-23-17-10-15-20(23)21(24-22,18-11-6-4-7-12-18)19-13-8-5-9-14-19;1-22-16(21,17(18,19)20)15-10-11-6-2-3-7-12(11)13-8-4-5-9-14(13)15;3*17-16(18,19)15(20)14-9-10-5-1-2-6-11(10)12-7-3-4-8-13(12)14;1-2-4-6-5(3-1)8-7-9-6;;;/h4-9,11-14,20H,2-3,10,15-17H2,1H3;2-10H,21H2,1H3;1-9,15H,20H2;2*1-9,20H;1-4H;2*1H4;1H/t20-;;15-;;;;;;/m1.1....../s1. The van der Waals surface area contributed by atoms with Gasteiger partial charge < -0.3 is 41.7 Å². The Labute approximate surface area is 683 Å². The zero-order valence-electron chi connectivity index (χ0n) is 62.7. The van der Waals surface area contributed by atoms with Gasteiger partial charge in [-0.2, -0.15) is 52.7 Å². The van der Waals surface area contributed by atoms with Crippen molar-refractivity contribution in [2.24, 2.45) is 5.73 Å². The lowest BCUT2D eigenvalue weighted by Gasteiger charge is -2.36. The highest BCUT2D eigenvalue weighted by Gasteiger charge is 2.58. The molecule has 9 nitrogen and oxygen atoms in total. The first-order valence-electron chi connectivity index (χ1n) is 37.2. The second-order valence-electron chi connectivity index (χ2n) is 27.9. The molecule has 2 saturated heterocycles. The molecule has 1 radical (unpaired) electrons. The minimum absolute atomic E-state index is 0. The SMILES string of the molecule is C.C.CCCCB1OC(c2ccccc2)(c2ccccc2)[C@H]2CCCN12.COC(N)(c1cc2ccccc2c2ccccc12)C(F)(F)F.N=C(c1cc2ccccc2c2ccccc12)C(F)(F)F.N=C(c1cc2ccccc2c2ccccc12)C(F)(F)F.[B]1Oc2ccccc2O1.[Cl-].[NH3+][C@H](c1cc2ccccc2c2ccccc12)C(F)(F)F. The number of alkyl halides is 12. The molecule has 24 heteroatoms. The molecule has 15 aromatic carbocycles. The van der Waals surface area contributed by atoms with Crippen LogP contribution in [0, 0.1) is 10.8 Å². The van der Waals surface area contributed by atoms with E-state index in [4.69, 9.17) is 35.3 Å². The second-order valence-corrected chi connectivity index (χ2v) is 27.9. The highest BCUT2D eigenvalue weighted by atomic mass is 35.5. The number of rotatable bonds is 10. The summed E-state index contributed by atoms with van der Waals surface area (Å²) in [6.07, 6.45) is -12.3. The van der Waals surface area contributed by atoms with Crippen LogP contribution in [0.4, 0.5) is 52.7 Å². The molecule has 18 rings (SSSR count). The number of quaternary nitrogens is 1. The molecule has 0 amide bonds. The highest BCUT2D eigenvalue weighted by molar-refractivity contribution is 6.50. The van der Waals surface area contributed by atoms with Gasteiger partial charge in [0.05, 0.1) is 0 Å². The molecule has 7 N–H and O–H groups in total. The smallest absolute Gasteiger partial charge is 0.658 e. The van der Waals surface area contributed by atoms with Crippen LogP contribution in [0.1, 0.15) is 86.9 Å². The average molecular weight is 1630 g/mol. The van der Waals surface area contributed by atoms with Crippen LogP contribution in [-0.4, -0.2) is 75.4 Å². The predicted octanol–water partition coefficient (Wildman–Crippen LogP) is 22.0.